The second-order valence-electron chi connectivity index (χ2n) is 6.89. The Balaban J connectivity index is 2.17. The first-order chi connectivity index (χ1) is 10.9. The molecule has 5 heteroatoms. The molecule has 23 heavy (non-hydrogen) atoms. The topological polar surface area (TPSA) is 59.0 Å². The second-order valence-corrected chi connectivity index (χ2v) is 6.89. The van der Waals surface area contributed by atoms with Crippen LogP contribution in [0.25, 0.3) is 0 Å². The highest BCUT2D eigenvalue weighted by atomic mass is 16.6. The van der Waals surface area contributed by atoms with Crippen LogP contribution in [0.2, 0.25) is 0 Å². The lowest BCUT2D eigenvalue weighted by Gasteiger charge is -2.36. The lowest BCUT2D eigenvalue weighted by molar-refractivity contribution is 0.0108. The van der Waals surface area contributed by atoms with E-state index in [9.17, 15) is 9.90 Å². The smallest absolute Gasteiger partial charge is 0.410 e. The van der Waals surface area contributed by atoms with Gasteiger partial charge in [0, 0.05) is 12.6 Å². The van der Waals surface area contributed by atoms with E-state index in [4.69, 9.17) is 9.47 Å². The Morgan fingerprint density at radius 2 is 2.13 bits per heavy atom. The number of fused-ring (bicyclic) bond motifs is 1. The summed E-state index contributed by atoms with van der Waals surface area (Å²) in [4.78, 5) is 14.1. The van der Waals surface area contributed by atoms with Gasteiger partial charge in [-0.3, -0.25) is 0 Å². The molecule has 1 aliphatic rings. The number of benzene rings is 1. The van der Waals surface area contributed by atoms with Crippen LogP contribution in [-0.4, -0.2) is 48.0 Å². The van der Waals surface area contributed by atoms with Gasteiger partial charge in [0.1, 0.15) is 11.4 Å². The summed E-state index contributed by atoms with van der Waals surface area (Å²) in [5.41, 5.74) is 1.88. The van der Waals surface area contributed by atoms with Crippen molar-refractivity contribution in [3.63, 3.8) is 0 Å². The number of hydrogen-bond acceptors (Lipinski definition) is 4. The van der Waals surface area contributed by atoms with Crippen LogP contribution in [0.1, 0.15) is 38.3 Å². The van der Waals surface area contributed by atoms with E-state index in [1.165, 1.54) is 11.1 Å². The number of carbonyl (C=O) groups excluding carboxylic acids is 1. The fraction of sp³-hybridized carbons (Fsp3) is 0.611. The summed E-state index contributed by atoms with van der Waals surface area (Å²) in [7, 11) is 1.68. The van der Waals surface area contributed by atoms with Crippen molar-refractivity contribution in [2.75, 3.05) is 20.3 Å². The number of ether oxygens (including phenoxy) is 2. The molecule has 0 aliphatic heterocycles. The van der Waals surface area contributed by atoms with Crippen LogP contribution in [0.3, 0.4) is 0 Å². The minimum absolute atomic E-state index is 0.0385. The van der Waals surface area contributed by atoms with Crippen molar-refractivity contribution in [2.45, 2.75) is 51.7 Å². The van der Waals surface area contributed by atoms with E-state index in [1.807, 2.05) is 32.9 Å². The number of amides is 1. The fourth-order valence-corrected chi connectivity index (χ4v) is 3.06. The normalized spacial score (nSPS) is 17.3. The quantitative estimate of drug-likeness (QED) is 0.926. The summed E-state index contributed by atoms with van der Waals surface area (Å²) in [5, 5.41) is 9.32. The first kappa shape index (κ1) is 17.6. The van der Waals surface area contributed by atoms with Crippen molar-refractivity contribution >= 4 is 6.09 Å². The third kappa shape index (κ3) is 4.38. The maximum Gasteiger partial charge on any atom is 0.410 e. The highest BCUT2D eigenvalue weighted by Crippen LogP contribution is 2.31. The van der Waals surface area contributed by atoms with Crippen LogP contribution < -0.4 is 4.74 Å². The van der Waals surface area contributed by atoms with E-state index >= 15 is 0 Å². The summed E-state index contributed by atoms with van der Waals surface area (Å²) in [6.45, 7) is 5.77. The van der Waals surface area contributed by atoms with Crippen molar-refractivity contribution in [1.29, 1.82) is 0 Å². The van der Waals surface area contributed by atoms with Crippen molar-refractivity contribution in [3.8, 4) is 5.75 Å². The Morgan fingerprint density at radius 1 is 1.39 bits per heavy atom. The van der Waals surface area contributed by atoms with Gasteiger partial charge in [0.05, 0.1) is 13.7 Å². The lowest BCUT2D eigenvalue weighted by atomic mass is 9.87. The Bertz CT molecular complexity index is 550. The van der Waals surface area contributed by atoms with E-state index in [2.05, 4.69) is 6.07 Å². The van der Waals surface area contributed by atoms with Gasteiger partial charge in [-0.05, 0) is 57.2 Å². The van der Waals surface area contributed by atoms with Gasteiger partial charge >= 0.3 is 6.09 Å². The molecule has 2 rings (SSSR count). The molecule has 1 atom stereocenters. The molecule has 128 valence electrons. The second kappa shape index (κ2) is 7.21. The van der Waals surface area contributed by atoms with Crippen molar-refractivity contribution in [1.82, 2.24) is 4.90 Å². The minimum Gasteiger partial charge on any atom is -0.496 e. The molecular formula is C18H27NO4. The van der Waals surface area contributed by atoms with Crippen molar-refractivity contribution < 1.29 is 19.4 Å². The number of nitrogens with zero attached hydrogens (tertiary/aromatic N) is 1. The molecule has 0 saturated carbocycles. The van der Waals surface area contributed by atoms with Crippen LogP contribution >= 0.6 is 0 Å². The molecule has 0 heterocycles. The van der Waals surface area contributed by atoms with E-state index in [0.29, 0.717) is 6.54 Å². The number of aliphatic hydroxyl groups excluding tert-OH is 1. The number of aliphatic hydroxyl groups is 1. The molecule has 0 radical (unpaired) electrons. The summed E-state index contributed by atoms with van der Waals surface area (Å²) in [6.07, 6.45) is 2.09. The molecule has 1 aliphatic carbocycles. The molecule has 0 fully saturated rings. The lowest BCUT2D eigenvalue weighted by Crippen LogP contribution is -2.47. The average Bonchev–Trinajstić information content (AvgIpc) is 2.49. The van der Waals surface area contributed by atoms with E-state index in [0.717, 1.165) is 25.0 Å². The van der Waals surface area contributed by atoms with Crippen LogP contribution in [-0.2, 0) is 17.6 Å². The van der Waals surface area contributed by atoms with E-state index in [-0.39, 0.29) is 18.7 Å². The van der Waals surface area contributed by atoms with Crippen LogP contribution in [0.4, 0.5) is 4.79 Å². The van der Waals surface area contributed by atoms with Crippen LogP contribution in [0, 0.1) is 0 Å². The highest BCUT2D eigenvalue weighted by Gasteiger charge is 2.31. The van der Waals surface area contributed by atoms with Gasteiger partial charge in [0.2, 0.25) is 0 Å². The zero-order valence-electron chi connectivity index (χ0n) is 14.5. The molecule has 1 aromatic carbocycles. The van der Waals surface area contributed by atoms with Gasteiger partial charge in [-0.1, -0.05) is 12.1 Å². The third-order valence-electron chi connectivity index (χ3n) is 4.04. The molecule has 0 spiro atoms. The summed E-state index contributed by atoms with van der Waals surface area (Å²) in [5.74, 6) is 0.909. The average molecular weight is 321 g/mol. The number of rotatable bonds is 4. The summed E-state index contributed by atoms with van der Waals surface area (Å²) in [6, 6.07) is 6.06. The maximum atomic E-state index is 12.5. The van der Waals surface area contributed by atoms with Gasteiger partial charge in [-0.2, -0.15) is 0 Å². The Kier molecular flexibility index (Phi) is 5.52. The number of methoxy groups -OCH3 is 1. The van der Waals surface area contributed by atoms with Gasteiger partial charge in [0.15, 0.2) is 0 Å². The molecular weight excluding hydrogens is 294 g/mol. The zero-order chi connectivity index (χ0) is 17.0. The predicted molar refractivity (Wildman–Crippen MR) is 88.8 cm³/mol. The maximum absolute atomic E-state index is 12.5. The molecule has 0 aromatic heterocycles. The van der Waals surface area contributed by atoms with E-state index < -0.39 is 5.60 Å². The molecule has 1 unspecified atom stereocenters. The number of hydrogen-bond donors (Lipinski definition) is 1. The number of carbonyl (C=O) groups is 1. The fourth-order valence-electron chi connectivity index (χ4n) is 3.06. The molecule has 1 amide bonds. The van der Waals surface area contributed by atoms with Gasteiger partial charge in [-0.15, -0.1) is 0 Å². The summed E-state index contributed by atoms with van der Waals surface area (Å²) >= 11 is 0. The molecule has 1 N–H and O–H groups in total. The first-order valence-electron chi connectivity index (χ1n) is 8.11. The largest absolute Gasteiger partial charge is 0.496 e. The molecule has 0 saturated heterocycles. The monoisotopic (exact) mass is 321 g/mol. The molecule has 5 nitrogen and oxygen atoms in total. The highest BCUT2D eigenvalue weighted by molar-refractivity contribution is 5.68. The van der Waals surface area contributed by atoms with Crippen molar-refractivity contribution in [2.24, 2.45) is 0 Å². The van der Waals surface area contributed by atoms with E-state index in [1.54, 1.807) is 12.0 Å². The SMILES string of the molecule is COc1cccc2c1CCC(N(CCO)C(=O)OC(C)(C)C)C2. The molecule has 1 aromatic rings. The van der Waals surface area contributed by atoms with Gasteiger partial charge in [0.25, 0.3) is 0 Å². The Labute approximate surface area is 138 Å². The summed E-state index contributed by atoms with van der Waals surface area (Å²) < 4.78 is 10.9. The Hall–Kier alpha value is -1.75. The zero-order valence-corrected chi connectivity index (χ0v) is 14.5. The van der Waals surface area contributed by atoms with Crippen molar-refractivity contribution in [3.05, 3.63) is 29.3 Å². The van der Waals surface area contributed by atoms with Crippen LogP contribution in [0.15, 0.2) is 18.2 Å². The predicted octanol–water partition coefficient (Wildman–Crippen LogP) is 2.78. The Morgan fingerprint density at radius 3 is 2.74 bits per heavy atom. The molecule has 0 bridgehead atoms. The first-order valence-corrected chi connectivity index (χ1v) is 8.11. The third-order valence-corrected chi connectivity index (χ3v) is 4.04. The van der Waals surface area contributed by atoms with Gasteiger partial charge < -0.3 is 19.5 Å². The minimum atomic E-state index is -0.541. The standard InChI is InChI=1S/C18H27NO4/c1-18(2,3)23-17(21)19(10-11-20)14-8-9-15-13(12-14)6-5-7-16(15)22-4/h5-7,14,20H,8-12H2,1-4H3. The van der Waals surface area contributed by atoms with Crippen LogP contribution in [0.5, 0.6) is 5.75 Å². The van der Waals surface area contributed by atoms with Gasteiger partial charge in [-0.25, -0.2) is 4.79 Å².